The predicted octanol–water partition coefficient (Wildman–Crippen LogP) is 0.789. The van der Waals surface area contributed by atoms with Crippen molar-refractivity contribution in [1.29, 1.82) is 0 Å². The molecule has 1 aromatic heterocycles. The van der Waals surface area contributed by atoms with Crippen LogP contribution in [0.15, 0.2) is 16.7 Å². The van der Waals surface area contributed by atoms with Crippen molar-refractivity contribution in [3.8, 4) is 12.3 Å². The highest BCUT2D eigenvalue weighted by Crippen LogP contribution is 2.14. The molecule has 72 valence electrons. The van der Waals surface area contributed by atoms with Crippen molar-refractivity contribution < 1.29 is 4.79 Å². The van der Waals surface area contributed by atoms with Gasteiger partial charge in [-0.2, -0.15) is 0 Å². The van der Waals surface area contributed by atoms with Gasteiger partial charge in [-0.15, -0.1) is 6.42 Å². The van der Waals surface area contributed by atoms with Crippen LogP contribution in [-0.2, 0) is 0 Å². The van der Waals surface area contributed by atoms with Crippen LogP contribution < -0.4 is 11.1 Å². The lowest BCUT2D eigenvalue weighted by molar-refractivity contribution is 0.0959. The highest BCUT2D eigenvalue weighted by Gasteiger charge is 2.09. The Bertz CT molecular complexity index is 398. The van der Waals surface area contributed by atoms with Crippen LogP contribution in [0.2, 0.25) is 0 Å². The molecule has 4 nitrogen and oxygen atoms in total. The summed E-state index contributed by atoms with van der Waals surface area (Å²) in [5, 5.41) is 2.50. The smallest absolute Gasteiger partial charge is 0.255 e. The Balaban J connectivity index is 2.90. The molecule has 0 saturated heterocycles. The zero-order valence-electron chi connectivity index (χ0n) is 7.25. The number of nitrogens with one attached hydrogen (secondary N) is 1. The first-order chi connectivity index (χ1) is 6.65. The Kier molecular flexibility index (Phi) is 3.48. The summed E-state index contributed by atoms with van der Waals surface area (Å²) in [5.74, 6) is 2.16. The molecule has 0 atom stereocenters. The quantitative estimate of drug-likeness (QED) is 0.766. The zero-order valence-corrected chi connectivity index (χ0v) is 8.84. The number of nitrogen functional groups attached to an aromatic ring is 1. The Hall–Kier alpha value is -1.54. The van der Waals surface area contributed by atoms with Crippen molar-refractivity contribution in [2.75, 3.05) is 12.3 Å². The van der Waals surface area contributed by atoms with Crippen molar-refractivity contribution >= 4 is 27.7 Å². The number of carbonyl (C=O) groups is 1. The van der Waals surface area contributed by atoms with E-state index >= 15 is 0 Å². The molecule has 0 aliphatic rings. The third-order valence-corrected chi connectivity index (χ3v) is 1.91. The van der Waals surface area contributed by atoms with Gasteiger partial charge in [0, 0.05) is 10.7 Å². The molecule has 1 amide bonds. The number of halogens is 1. The second kappa shape index (κ2) is 4.63. The highest BCUT2D eigenvalue weighted by molar-refractivity contribution is 9.10. The number of pyridine rings is 1. The number of nitrogens with zero attached hydrogens (tertiary/aromatic N) is 1. The number of amides is 1. The maximum absolute atomic E-state index is 11.4. The largest absolute Gasteiger partial charge is 0.383 e. The molecule has 0 bridgehead atoms. The minimum absolute atomic E-state index is 0.171. The van der Waals surface area contributed by atoms with Crippen LogP contribution in [-0.4, -0.2) is 17.4 Å². The van der Waals surface area contributed by atoms with Gasteiger partial charge in [-0.1, -0.05) is 5.92 Å². The molecule has 0 aromatic carbocycles. The number of aromatic nitrogens is 1. The van der Waals surface area contributed by atoms with Gasteiger partial charge < -0.3 is 11.1 Å². The third kappa shape index (κ3) is 2.47. The van der Waals surface area contributed by atoms with E-state index in [9.17, 15) is 4.79 Å². The number of terminal acetylenes is 1. The second-order valence-corrected chi connectivity index (χ2v) is 3.39. The Morgan fingerprint density at radius 2 is 2.50 bits per heavy atom. The molecule has 1 rings (SSSR count). The number of anilines is 1. The van der Waals surface area contributed by atoms with Gasteiger partial charge >= 0.3 is 0 Å². The molecule has 0 aliphatic heterocycles. The summed E-state index contributed by atoms with van der Waals surface area (Å²) in [6.07, 6.45) is 6.52. The monoisotopic (exact) mass is 253 g/mol. The number of carbonyl (C=O) groups excluding carboxylic acids is 1. The lowest BCUT2D eigenvalue weighted by atomic mass is 10.2. The molecule has 1 heterocycles. The maximum atomic E-state index is 11.4. The predicted molar refractivity (Wildman–Crippen MR) is 57.5 cm³/mol. The van der Waals surface area contributed by atoms with E-state index < -0.39 is 0 Å². The average Bonchev–Trinajstić information content (AvgIpc) is 2.18. The molecule has 3 N–H and O–H groups in total. The molecule has 5 heteroatoms. The van der Waals surface area contributed by atoms with Crippen molar-refractivity contribution in [1.82, 2.24) is 10.3 Å². The fourth-order valence-electron chi connectivity index (χ4n) is 0.858. The molecule has 0 fully saturated rings. The first-order valence-corrected chi connectivity index (χ1v) is 4.57. The molecular weight excluding hydrogens is 246 g/mol. The average molecular weight is 254 g/mol. The Morgan fingerprint density at radius 3 is 3.14 bits per heavy atom. The molecular formula is C9H8BrN3O. The van der Waals surface area contributed by atoms with Crippen LogP contribution in [0.5, 0.6) is 0 Å². The summed E-state index contributed by atoms with van der Waals surface area (Å²) in [7, 11) is 0. The number of hydrogen-bond donors (Lipinski definition) is 2. The lowest BCUT2D eigenvalue weighted by Crippen LogP contribution is -2.24. The normalized spacial score (nSPS) is 9.14. The van der Waals surface area contributed by atoms with Gasteiger partial charge in [0.2, 0.25) is 0 Å². The van der Waals surface area contributed by atoms with E-state index in [0.29, 0.717) is 10.0 Å². The molecule has 0 radical (unpaired) electrons. The minimum atomic E-state index is -0.325. The van der Waals surface area contributed by atoms with Gasteiger partial charge in [0.15, 0.2) is 0 Å². The van der Waals surface area contributed by atoms with Gasteiger partial charge in [0.05, 0.1) is 12.1 Å². The first kappa shape index (κ1) is 10.5. The Morgan fingerprint density at radius 1 is 1.79 bits per heavy atom. The number of hydrogen-bond acceptors (Lipinski definition) is 3. The van der Waals surface area contributed by atoms with E-state index in [1.54, 1.807) is 6.07 Å². The third-order valence-electron chi connectivity index (χ3n) is 1.48. The van der Waals surface area contributed by atoms with E-state index in [2.05, 4.69) is 32.2 Å². The Labute approximate surface area is 90.0 Å². The van der Waals surface area contributed by atoms with E-state index in [0.717, 1.165) is 0 Å². The van der Waals surface area contributed by atoms with E-state index in [1.807, 2.05) is 0 Å². The molecule has 14 heavy (non-hydrogen) atoms. The van der Waals surface area contributed by atoms with Crippen LogP contribution in [0.3, 0.4) is 0 Å². The van der Waals surface area contributed by atoms with Crippen LogP contribution in [0, 0.1) is 12.3 Å². The lowest BCUT2D eigenvalue weighted by Gasteiger charge is -2.04. The van der Waals surface area contributed by atoms with Gasteiger partial charge in [0.1, 0.15) is 5.82 Å². The van der Waals surface area contributed by atoms with Crippen LogP contribution in [0.1, 0.15) is 10.4 Å². The first-order valence-electron chi connectivity index (χ1n) is 3.78. The molecule has 0 saturated carbocycles. The SMILES string of the molecule is C#CCNC(=O)c1cc(Br)cnc1N. The second-order valence-electron chi connectivity index (χ2n) is 2.47. The summed E-state index contributed by atoms with van der Waals surface area (Å²) in [4.78, 5) is 15.3. The van der Waals surface area contributed by atoms with E-state index in [-0.39, 0.29) is 18.3 Å². The van der Waals surface area contributed by atoms with Gasteiger partial charge in [-0.3, -0.25) is 4.79 Å². The topological polar surface area (TPSA) is 68.0 Å². The molecule has 0 spiro atoms. The zero-order chi connectivity index (χ0) is 10.6. The maximum Gasteiger partial charge on any atom is 0.255 e. The van der Waals surface area contributed by atoms with Gasteiger partial charge in [0.25, 0.3) is 5.91 Å². The summed E-state index contributed by atoms with van der Waals surface area (Å²) >= 11 is 3.19. The van der Waals surface area contributed by atoms with Gasteiger partial charge in [-0.25, -0.2) is 4.98 Å². The van der Waals surface area contributed by atoms with Crippen LogP contribution in [0.25, 0.3) is 0 Å². The minimum Gasteiger partial charge on any atom is -0.383 e. The molecule has 0 unspecified atom stereocenters. The molecule has 0 aliphatic carbocycles. The fourth-order valence-corrected chi connectivity index (χ4v) is 1.19. The highest BCUT2D eigenvalue weighted by atomic mass is 79.9. The van der Waals surface area contributed by atoms with Crippen molar-refractivity contribution in [3.63, 3.8) is 0 Å². The standard InChI is InChI=1S/C9H8BrN3O/c1-2-3-12-9(14)7-4-6(10)5-13-8(7)11/h1,4-5H,3H2,(H2,11,13)(H,12,14). The van der Waals surface area contributed by atoms with Crippen molar-refractivity contribution in [2.45, 2.75) is 0 Å². The fraction of sp³-hybridized carbons (Fsp3) is 0.111. The summed E-state index contributed by atoms with van der Waals surface area (Å²) in [6, 6.07) is 1.59. The summed E-state index contributed by atoms with van der Waals surface area (Å²) in [6.45, 7) is 0.171. The number of rotatable bonds is 2. The van der Waals surface area contributed by atoms with E-state index in [4.69, 9.17) is 12.2 Å². The van der Waals surface area contributed by atoms with Crippen molar-refractivity contribution in [3.05, 3.63) is 22.3 Å². The van der Waals surface area contributed by atoms with Crippen LogP contribution in [0.4, 0.5) is 5.82 Å². The van der Waals surface area contributed by atoms with Crippen molar-refractivity contribution in [2.24, 2.45) is 0 Å². The van der Waals surface area contributed by atoms with E-state index in [1.165, 1.54) is 6.20 Å². The summed E-state index contributed by atoms with van der Waals surface area (Å²) in [5.41, 5.74) is 5.83. The number of nitrogens with two attached hydrogens (primary N) is 1. The van der Waals surface area contributed by atoms with Gasteiger partial charge in [-0.05, 0) is 22.0 Å². The van der Waals surface area contributed by atoms with Crippen LogP contribution >= 0.6 is 15.9 Å². The molecule has 1 aromatic rings. The summed E-state index contributed by atoms with van der Waals surface area (Å²) < 4.78 is 0.692.